The van der Waals surface area contributed by atoms with Gasteiger partial charge in [0.25, 0.3) is 0 Å². The third-order valence-electron chi connectivity index (χ3n) is 4.95. The number of carbonyl (C=O) groups excluding carboxylic acids is 2. The maximum Gasteiger partial charge on any atom is 0.300 e. The van der Waals surface area contributed by atoms with Gasteiger partial charge in [0.2, 0.25) is 5.91 Å². The van der Waals surface area contributed by atoms with Crippen LogP contribution in [0.2, 0.25) is 0 Å². The first-order chi connectivity index (χ1) is 15.7. The summed E-state index contributed by atoms with van der Waals surface area (Å²) in [6, 6.07) is 20.7. The number of fused-ring (bicyclic) bond motifs is 1. The smallest absolute Gasteiger partial charge is 0.300 e. The van der Waals surface area contributed by atoms with E-state index in [1.807, 2.05) is 66.9 Å². The van der Waals surface area contributed by atoms with Crippen molar-refractivity contribution in [1.29, 1.82) is 0 Å². The lowest BCUT2D eigenvalue weighted by Gasteiger charge is -2.08. The number of rotatable bonds is 6. The summed E-state index contributed by atoms with van der Waals surface area (Å²) in [5.74, 6) is 5.01. The molecule has 0 radical (unpaired) electrons. The first-order valence-electron chi connectivity index (χ1n) is 10.3. The number of nitrogens with one attached hydrogen (secondary N) is 3. The summed E-state index contributed by atoms with van der Waals surface area (Å²) in [5.41, 5.74) is 4.23. The highest BCUT2D eigenvalue weighted by molar-refractivity contribution is 6.04. The molecule has 0 aliphatic rings. The van der Waals surface area contributed by atoms with E-state index in [-0.39, 0.29) is 11.8 Å². The molecule has 0 aliphatic heterocycles. The molecule has 158 valence electrons. The van der Waals surface area contributed by atoms with E-state index < -0.39 is 0 Å². The number of benzene rings is 2. The average molecular weight is 422 g/mol. The van der Waals surface area contributed by atoms with Crippen molar-refractivity contribution < 1.29 is 9.59 Å². The van der Waals surface area contributed by atoms with Gasteiger partial charge in [-0.2, -0.15) is 0 Å². The molecular weight excluding hydrogens is 400 g/mol. The minimum absolute atomic E-state index is 0.0336. The largest absolute Gasteiger partial charge is 0.352 e. The number of hydrogen-bond donors (Lipinski definition) is 3. The van der Waals surface area contributed by atoms with Crippen molar-refractivity contribution in [2.45, 2.75) is 19.4 Å². The number of nitrogens with zero attached hydrogens (tertiary/aromatic N) is 1. The van der Waals surface area contributed by atoms with Crippen molar-refractivity contribution in [1.82, 2.24) is 15.3 Å². The van der Waals surface area contributed by atoms with E-state index >= 15 is 0 Å². The monoisotopic (exact) mass is 422 g/mol. The van der Waals surface area contributed by atoms with Crippen LogP contribution in [-0.2, 0) is 22.6 Å². The first kappa shape index (κ1) is 20.9. The van der Waals surface area contributed by atoms with Crippen LogP contribution in [0.4, 0.5) is 5.69 Å². The summed E-state index contributed by atoms with van der Waals surface area (Å²) in [7, 11) is 0. The van der Waals surface area contributed by atoms with Crippen molar-refractivity contribution in [3.63, 3.8) is 0 Å². The van der Waals surface area contributed by atoms with E-state index in [0.29, 0.717) is 25.1 Å². The van der Waals surface area contributed by atoms with Gasteiger partial charge in [-0.25, -0.2) is 4.98 Å². The Morgan fingerprint density at radius 2 is 1.88 bits per heavy atom. The Hall–Kier alpha value is -4.37. The van der Waals surface area contributed by atoms with Crippen LogP contribution in [0.15, 0.2) is 79.1 Å². The third kappa shape index (κ3) is 5.61. The number of amides is 2. The van der Waals surface area contributed by atoms with Crippen molar-refractivity contribution >= 4 is 28.5 Å². The molecule has 2 aromatic carbocycles. The molecule has 2 heterocycles. The highest BCUT2D eigenvalue weighted by Crippen LogP contribution is 2.15. The van der Waals surface area contributed by atoms with Gasteiger partial charge in [-0.15, -0.1) is 0 Å². The third-order valence-corrected chi connectivity index (χ3v) is 4.95. The molecule has 0 spiro atoms. The number of aromatic nitrogens is 2. The van der Waals surface area contributed by atoms with Gasteiger partial charge in [0.05, 0.1) is 0 Å². The van der Waals surface area contributed by atoms with Gasteiger partial charge in [-0.05, 0) is 53.9 Å². The molecule has 0 unspecified atom stereocenters. The SMILES string of the molecule is O=C(C#Cc1ccccc1)Nc1cccc(CCC(=O)NCc2ccnc3[nH]ccc23)c1. The standard InChI is InChI=1S/C26H22N4O2/c31-24(29-18-21-13-15-27-26-23(21)14-16-28-26)11-10-20-7-4-8-22(17-20)30-25(32)12-9-19-5-2-1-3-6-19/h1-8,13-17H,10-11,18H2,(H,27,28)(H,29,31)(H,30,32). The Morgan fingerprint density at radius 3 is 2.75 bits per heavy atom. The summed E-state index contributed by atoms with van der Waals surface area (Å²) in [6.07, 6.45) is 4.49. The van der Waals surface area contributed by atoms with Gasteiger partial charge in [0.15, 0.2) is 0 Å². The Bertz CT molecular complexity index is 1300. The average Bonchev–Trinajstić information content (AvgIpc) is 3.31. The minimum atomic E-state index is -0.378. The molecule has 0 atom stereocenters. The maximum absolute atomic E-state index is 12.3. The van der Waals surface area contributed by atoms with E-state index in [1.54, 1.807) is 12.3 Å². The predicted octanol–water partition coefficient (Wildman–Crippen LogP) is 3.80. The number of carbonyl (C=O) groups is 2. The van der Waals surface area contributed by atoms with E-state index in [2.05, 4.69) is 32.4 Å². The summed E-state index contributed by atoms with van der Waals surface area (Å²) in [5, 5.41) is 6.75. The number of anilines is 1. The van der Waals surface area contributed by atoms with Gasteiger partial charge in [-0.1, -0.05) is 36.3 Å². The molecule has 0 saturated heterocycles. The molecule has 4 rings (SSSR count). The Balaban J connectivity index is 1.28. The Labute approximate surface area is 186 Å². The van der Waals surface area contributed by atoms with Gasteiger partial charge >= 0.3 is 5.91 Å². The number of H-pyrrole nitrogens is 1. The highest BCUT2D eigenvalue weighted by atomic mass is 16.2. The molecule has 0 bridgehead atoms. The van der Waals surface area contributed by atoms with Crippen LogP contribution in [0.3, 0.4) is 0 Å². The lowest BCUT2D eigenvalue weighted by molar-refractivity contribution is -0.121. The van der Waals surface area contributed by atoms with Crippen molar-refractivity contribution in [2.75, 3.05) is 5.32 Å². The van der Waals surface area contributed by atoms with Crippen LogP contribution in [-0.4, -0.2) is 21.8 Å². The molecule has 32 heavy (non-hydrogen) atoms. The second-order valence-corrected chi connectivity index (χ2v) is 7.26. The number of hydrogen-bond acceptors (Lipinski definition) is 3. The maximum atomic E-state index is 12.3. The molecule has 3 N–H and O–H groups in total. The molecule has 0 saturated carbocycles. The topological polar surface area (TPSA) is 86.9 Å². The normalized spacial score (nSPS) is 10.2. The van der Waals surface area contributed by atoms with Crippen LogP contribution in [0.1, 0.15) is 23.1 Å². The first-order valence-corrected chi connectivity index (χ1v) is 10.3. The van der Waals surface area contributed by atoms with Crippen LogP contribution >= 0.6 is 0 Å². The van der Waals surface area contributed by atoms with Crippen molar-refractivity contribution in [2.24, 2.45) is 0 Å². The zero-order valence-electron chi connectivity index (χ0n) is 17.4. The van der Waals surface area contributed by atoms with E-state index in [9.17, 15) is 9.59 Å². The van der Waals surface area contributed by atoms with Crippen molar-refractivity contribution in [3.8, 4) is 11.8 Å². The van der Waals surface area contributed by atoms with Crippen molar-refractivity contribution in [3.05, 3.63) is 95.8 Å². The fourth-order valence-corrected chi connectivity index (χ4v) is 3.33. The van der Waals surface area contributed by atoms with Gasteiger partial charge in [0.1, 0.15) is 5.65 Å². The van der Waals surface area contributed by atoms with Gasteiger partial charge in [-0.3, -0.25) is 9.59 Å². The summed E-state index contributed by atoms with van der Waals surface area (Å²) in [6.45, 7) is 0.450. The highest BCUT2D eigenvalue weighted by Gasteiger charge is 2.07. The van der Waals surface area contributed by atoms with Gasteiger partial charge < -0.3 is 15.6 Å². The van der Waals surface area contributed by atoms with Crippen LogP contribution in [0, 0.1) is 11.8 Å². The predicted molar refractivity (Wildman–Crippen MR) is 125 cm³/mol. The fourth-order valence-electron chi connectivity index (χ4n) is 3.33. The molecule has 0 aliphatic carbocycles. The zero-order valence-corrected chi connectivity index (χ0v) is 17.4. The second-order valence-electron chi connectivity index (χ2n) is 7.26. The summed E-state index contributed by atoms with van der Waals surface area (Å²) < 4.78 is 0. The van der Waals surface area contributed by atoms with Gasteiger partial charge in [0, 0.05) is 47.9 Å². The molecule has 6 heteroatoms. The number of pyridine rings is 1. The van der Waals surface area contributed by atoms with Crippen LogP contribution < -0.4 is 10.6 Å². The second kappa shape index (κ2) is 10.1. The summed E-state index contributed by atoms with van der Waals surface area (Å²) >= 11 is 0. The minimum Gasteiger partial charge on any atom is -0.352 e. The van der Waals surface area contributed by atoms with Crippen LogP contribution in [0.25, 0.3) is 11.0 Å². The lowest BCUT2D eigenvalue weighted by atomic mass is 10.1. The Morgan fingerprint density at radius 1 is 1.00 bits per heavy atom. The van der Waals surface area contributed by atoms with Crippen LogP contribution in [0.5, 0.6) is 0 Å². The molecular formula is C26H22N4O2. The number of aromatic amines is 1. The molecule has 0 fully saturated rings. The molecule has 2 aromatic heterocycles. The number of aryl methyl sites for hydroxylation is 1. The molecule has 4 aromatic rings. The van der Waals surface area contributed by atoms with E-state index in [0.717, 1.165) is 27.7 Å². The molecule has 6 nitrogen and oxygen atoms in total. The fraction of sp³-hybridized carbons (Fsp3) is 0.115. The Kier molecular flexibility index (Phi) is 6.59. The summed E-state index contributed by atoms with van der Waals surface area (Å²) in [4.78, 5) is 31.7. The zero-order chi connectivity index (χ0) is 22.2. The quantitative estimate of drug-likeness (QED) is 0.413. The lowest BCUT2D eigenvalue weighted by Crippen LogP contribution is -2.23. The van der Waals surface area contributed by atoms with E-state index in [4.69, 9.17) is 0 Å². The van der Waals surface area contributed by atoms with E-state index in [1.165, 1.54) is 0 Å². The molecule has 2 amide bonds.